The van der Waals surface area contributed by atoms with E-state index in [0.717, 1.165) is 26.9 Å². The predicted octanol–water partition coefficient (Wildman–Crippen LogP) is 4.98. The summed E-state index contributed by atoms with van der Waals surface area (Å²) in [4.78, 5) is 17.9. The third-order valence-electron chi connectivity index (χ3n) is 3.46. The summed E-state index contributed by atoms with van der Waals surface area (Å²) in [5.74, 6) is 3.23. The second-order valence-electron chi connectivity index (χ2n) is 5.35. The molecule has 0 atom stereocenters. The van der Waals surface area contributed by atoms with E-state index in [1.54, 1.807) is 29.2 Å². The minimum atomic E-state index is -0.152. The SMILES string of the molecule is C#Cc1cccc(NC(=O)c2ccc(SCc3csc(C)n3)cc2)c1. The Morgan fingerprint density at radius 1 is 1.28 bits per heavy atom. The lowest BCUT2D eigenvalue weighted by molar-refractivity contribution is 0.102. The van der Waals surface area contributed by atoms with Crippen LogP contribution in [0.1, 0.15) is 26.6 Å². The molecule has 2 aromatic carbocycles. The van der Waals surface area contributed by atoms with Crippen molar-refractivity contribution in [2.45, 2.75) is 17.6 Å². The third-order valence-corrected chi connectivity index (χ3v) is 5.32. The number of amides is 1. The van der Waals surface area contributed by atoms with Gasteiger partial charge in [-0.05, 0) is 49.4 Å². The van der Waals surface area contributed by atoms with Crippen molar-refractivity contribution in [1.82, 2.24) is 4.98 Å². The number of thioether (sulfide) groups is 1. The highest BCUT2D eigenvalue weighted by atomic mass is 32.2. The topological polar surface area (TPSA) is 42.0 Å². The second kappa shape index (κ2) is 8.02. The van der Waals surface area contributed by atoms with Crippen LogP contribution in [-0.2, 0) is 5.75 Å². The van der Waals surface area contributed by atoms with E-state index in [0.29, 0.717) is 11.3 Å². The van der Waals surface area contributed by atoms with E-state index in [4.69, 9.17) is 6.42 Å². The Bertz CT molecular complexity index is 923. The number of aryl methyl sites for hydroxylation is 1. The quantitative estimate of drug-likeness (QED) is 0.513. The number of benzene rings is 2. The summed E-state index contributed by atoms with van der Waals surface area (Å²) in [6.45, 7) is 2.01. The van der Waals surface area contributed by atoms with E-state index in [9.17, 15) is 4.79 Å². The molecule has 1 heterocycles. The molecular weight excluding hydrogens is 348 g/mol. The first-order chi connectivity index (χ1) is 12.1. The van der Waals surface area contributed by atoms with Crippen LogP contribution in [-0.4, -0.2) is 10.9 Å². The minimum absolute atomic E-state index is 0.152. The molecule has 0 aliphatic rings. The largest absolute Gasteiger partial charge is 0.322 e. The molecule has 0 bridgehead atoms. The molecule has 0 aliphatic carbocycles. The van der Waals surface area contributed by atoms with E-state index in [1.165, 1.54) is 0 Å². The summed E-state index contributed by atoms with van der Waals surface area (Å²) in [6.07, 6.45) is 5.38. The van der Waals surface area contributed by atoms with Crippen molar-refractivity contribution in [1.29, 1.82) is 0 Å². The first-order valence-corrected chi connectivity index (χ1v) is 9.52. The maximum absolute atomic E-state index is 12.3. The van der Waals surface area contributed by atoms with Crippen LogP contribution in [0.3, 0.4) is 0 Å². The molecule has 0 unspecified atom stereocenters. The Labute approximate surface area is 155 Å². The fourth-order valence-electron chi connectivity index (χ4n) is 2.22. The molecule has 1 amide bonds. The number of carbonyl (C=O) groups excluding carboxylic acids is 1. The normalized spacial score (nSPS) is 10.2. The summed E-state index contributed by atoms with van der Waals surface area (Å²) in [7, 11) is 0. The molecule has 0 fully saturated rings. The molecular formula is C20H16N2OS2. The van der Waals surface area contributed by atoms with E-state index >= 15 is 0 Å². The van der Waals surface area contributed by atoms with Crippen molar-refractivity contribution in [2.24, 2.45) is 0 Å². The van der Waals surface area contributed by atoms with Crippen molar-refractivity contribution in [2.75, 3.05) is 5.32 Å². The molecule has 0 aliphatic heterocycles. The maximum Gasteiger partial charge on any atom is 0.255 e. The lowest BCUT2D eigenvalue weighted by Crippen LogP contribution is -2.11. The molecule has 3 aromatic rings. The Kier molecular flexibility index (Phi) is 5.54. The zero-order valence-corrected chi connectivity index (χ0v) is 15.3. The number of terminal acetylenes is 1. The van der Waals surface area contributed by atoms with Gasteiger partial charge >= 0.3 is 0 Å². The van der Waals surface area contributed by atoms with Gasteiger partial charge in [0.05, 0.1) is 10.7 Å². The van der Waals surface area contributed by atoms with Crippen molar-refractivity contribution in [3.63, 3.8) is 0 Å². The van der Waals surface area contributed by atoms with Crippen molar-refractivity contribution < 1.29 is 4.79 Å². The zero-order valence-electron chi connectivity index (χ0n) is 13.7. The van der Waals surface area contributed by atoms with Gasteiger partial charge in [0.2, 0.25) is 0 Å². The van der Waals surface area contributed by atoms with E-state index < -0.39 is 0 Å². The van der Waals surface area contributed by atoms with Crippen molar-refractivity contribution in [3.05, 3.63) is 75.7 Å². The number of anilines is 1. The summed E-state index contributed by atoms with van der Waals surface area (Å²) >= 11 is 3.37. The number of thiazole rings is 1. The number of aromatic nitrogens is 1. The smallest absolute Gasteiger partial charge is 0.255 e. The lowest BCUT2D eigenvalue weighted by Gasteiger charge is -2.06. The second-order valence-corrected chi connectivity index (χ2v) is 7.46. The number of carbonyl (C=O) groups is 1. The third kappa shape index (κ3) is 4.72. The first kappa shape index (κ1) is 17.3. The van der Waals surface area contributed by atoms with Crippen molar-refractivity contribution >= 4 is 34.7 Å². The molecule has 3 nitrogen and oxygen atoms in total. The van der Waals surface area contributed by atoms with E-state index in [-0.39, 0.29) is 5.91 Å². The summed E-state index contributed by atoms with van der Waals surface area (Å²) in [5, 5.41) is 6.02. The zero-order chi connectivity index (χ0) is 17.6. The van der Waals surface area contributed by atoms with Gasteiger partial charge in [-0.3, -0.25) is 4.79 Å². The monoisotopic (exact) mass is 364 g/mol. The minimum Gasteiger partial charge on any atom is -0.322 e. The van der Waals surface area contributed by atoms with Gasteiger partial charge in [-0.1, -0.05) is 12.0 Å². The highest BCUT2D eigenvalue weighted by Gasteiger charge is 2.07. The molecule has 1 N–H and O–H groups in total. The number of hydrogen-bond donors (Lipinski definition) is 1. The predicted molar refractivity (Wildman–Crippen MR) is 105 cm³/mol. The van der Waals surface area contributed by atoms with Gasteiger partial charge in [0, 0.05) is 32.8 Å². The van der Waals surface area contributed by atoms with Gasteiger partial charge < -0.3 is 5.32 Å². The Morgan fingerprint density at radius 2 is 2.08 bits per heavy atom. The van der Waals surface area contributed by atoms with Crippen LogP contribution in [0.4, 0.5) is 5.69 Å². The van der Waals surface area contributed by atoms with Gasteiger partial charge in [-0.2, -0.15) is 0 Å². The Hall–Kier alpha value is -2.55. The molecule has 0 saturated carbocycles. The molecule has 0 saturated heterocycles. The van der Waals surface area contributed by atoms with Crippen LogP contribution in [0.15, 0.2) is 58.8 Å². The van der Waals surface area contributed by atoms with Crippen LogP contribution in [0, 0.1) is 19.3 Å². The standard InChI is InChI=1S/C20H16N2OS2/c1-3-15-5-4-6-17(11-15)22-20(23)16-7-9-19(10-8-16)25-13-18-12-24-14(2)21-18/h1,4-12H,13H2,2H3,(H,22,23). The molecule has 5 heteroatoms. The van der Waals surface area contributed by atoms with E-state index in [1.807, 2.05) is 49.4 Å². The van der Waals surface area contributed by atoms with Gasteiger partial charge in [-0.25, -0.2) is 4.98 Å². The van der Waals surface area contributed by atoms with Crippen LogP contribution >= 0.6 is 23.1 Å². The Morgan fingerprint density at radius 3 is 2.76 bits per heavy atom. The van der Waals surface area contributed by atoms with Crippen molar-refractivity contribution in [3.8, 4) is 12.3 Å². The Balaban J connectivity index is 1.61. The van der Waals surface area contributed by atoms with Gasteiger partial charge in [0.15, 0.2) is 0 Å². The fraction of sp³-hybridized carbons (Fsp3) is 0.100. The molecule has 25 heavy (non-hydrogen) atoms. The molecule has 1 aromatic heterocycles. The van der Waals surface area contributed by atoms with Crippen LogP contribution in [0.25, 0.3) is 0 Å². The summed E-state index contributed by atoms with van der Waals surface area (Å²) < 4.78 is 0. The maximum atomic E-state index is 12.3. The first-order valence-electron chi connectivity index (χ1n) is 7.66. The number of nitrogens with zero attached hydrogens (tertiary/aromatic N) is 1. The van der Waals surface area contributed by atoms with E-state index in [2.05, 4.69) is 21.6 Å². The van der Waals surface area contributed by atoms with Gasteiger partial charge in [-0.15, -0.1) is 29.5 Å². The highest BCUT2D eigenvalue weighted by Crippen LogP contribution is 2.24. The number of hydrogen-bond acceptors (Lipinski definition) is 4. The average Bonchev–Trinajstić information content (AvgIpc) is 3.06. The number of rotatable bonds is 5. The summed E-state index contributed by atoms with van der Waals surface area (Å²) in [6, 6.07) is 14.8. The molecule has 0 spiro atoms. The van der Waals surface area contributed by atoms with Crippen LogP contribution < -0.4 is 5.32 Å². The van der Waals surface area contributed by atoms with Crippen LogP contribution in [0.5, 0.6) is 0 Å². The van der Waals surface area contributed by atoms with Crippen LogP contribution in [0.2, 0.25) is 0 Å². The molecule has 3 rings (SSSR count). The van der Waals surface area contributed by atoms with Gasteiger partial charge in [0.1, 0.15) is 0 Å². The van der Waals surface area contributed by atoms with Gasteiger partial charge in [0.25, 0.3) is 5.91 Å². The summed E-state index contributed by atoms with van der Waals surface area (Å²) in [5.41, 5.74) is 3.13. The number of nitrogens with one attached hydrogen (secondary N) is 1. The average molecular weight is 364 g/mol. The lowest BCUT2D eigenvalue weighted by atomic mass is 10.2. The molecule has 124 valence electrons. The fourth-order valence-corrected chi connectivity index (χ4v) is 3.73. The molecule has 0 radical (unpaired) electrons. The highest BCUT2D eigenvalue weighted by molar-refractivity contribution is 7.98.